The summed E-state index contributed by atoms with van der Waals surface area (Å²) >= 11 is 0. The van der Waals surface area contributed by atoms with E-state index in [-0.39, 0.29) is 12.8 Å². The summed E-state index contributed by atoms with van der Waals surface area (Å²) in [5.41, 5.74) is 14.8. The number of rotatable bonds is 5. The van der Waals surface area contributed by atoms with Crippen molar-refractivity contribution in [3.63, 3.8) is 0 Å². The molecule has 0 unspecified atom stereocenters. The third kappa shape index (κ3) is 13.4. The molecule has 0 radical (unpaired) electrons. The van der Waals surface area contributed by atoms with E-state index >= 15 is 0 Å². The van der Waals surface area contributed by atoms with Crippen LogP contribution in [0, 0.1) is 0 Å². The van der Waals surface area contributed by atoms with E-state index in [1.807, 2.05) is 0 Å². The molecule has 0 fully saturated rings. The molecule has 0 aromatic carbocycles. The van der Waals surface area contributed by atoms with Crippen molar-refractivity contribution in [2.75, 3.05) is 13.1 Å². The zero-order chi connectivity index (χ0) is 11.6. The summed E-state index contributed by atoms with van der Waals surface area (Å²) in [6.07, 6.45) is -0.224. The summed E-state index contributed by atoms with van der Waals surface area (Å²) in [5, 5.41) is 16.3. The van der Waals surface area contributed by atoms with Gasteiger partial charge in [0.15, 0.2) is 0 Å². The van der Waals surface area contributed by atoms with Crippen LogP contribution in [0.15, 0.2) is 0 Å². The molecule has 0 aromatic heterocycles. The fourth-order valence-corrected chi connectivity index (χ4v) is 0.402. The molecule has 0 aliphatic rings. The van der Waals surface area contributed by atoms with Crippen LogP contribution in [0.5, 0.6) is 0 Å². The van der Waals surface area contributed by atoms with Gasteiger partial charge in [0.1, 0.15) is 6.04 Å². The molecule has 0 heterocycles. The molecule has 1 atom stereocenters. The molecule has 0 spiro atoms. The zero-order valence-electron chi connectivity index (χ0n) is 7.85. The van der Waals surface area contributed by atoms with Gasteiger partial charge in [-0.05, 0) is 6.42 Å². The van der Waals surface area contributed by atoms with Gasteiger partial charge in [-0.15, -0.1) is 0 Å². The SMILES string of the molecule is NCCN.N[C@@H](CCC(=O)O)C(=O)O. The summed E-state index contributed by atoms with van der Waals surface area (Å²) < 4.78 is 0. The van der Waals surface area contributed by atoms with Crippen LogP contribution >= 0.6 is 0 Å². The lowest BCUT2D eigenvalue weighted by Crippen LogP contribution is -2.30. The standard InChI is InChI=1S/C5H9NO4.C2H8N2/c6-3(5(9)10)1-2-4(7)8;3-1-2-4/h3H,1-2,6H2,(H,7,8)(H,9,10);1-4H2/t3-;/m0./s1. The first kappa shape index (κ1) is 15.3. The molecule has 7 nitrogen and oxygen atoms in total. The first-order valence-electron chi connectivity index (χ1n) is 4.06. The van der Waals surface area contributed by atoms with Crippen LogP contribution in [0.25, 0.3) is 0 Å². The summed E-state index contributed by atoms with van der Waals surface area (Å²) in [7, 11) is 0. The average Bonchev–Trinajstić information content (AvgIpc) is 2.14. The second kappa shape index (κ2) is 9.90. The molecule has 0 amide bonds. The highest BCUT2D eigenvalue weighted by atomic mass is 16.4. The van der Waals surface area contributed by atoms with Gasteiger partial charge in [-0.2, -0.15) is 0 Å². The fourth-order valence-electron chi connectivity index (χ4n) is 0.402. The minimum atomic E-state index is -1.17. The smallest absolute Gasteiger partial charge is 0.320 e. The maximum Gasteiger partial charge on any atom is 0.320 e. The van der Waals surface area contributed by atoms with E-state index in [1.165, 1.54) is 0 Å². The maximum absolute atomic E-state index is 9.99. The lowest BCUT2D eigenvalue weighted by molar-refractivity contribution is -0.139. The molecule has 0 saturated carbocycles. The minimum absolute atomic E-state index is 0.0231. The Morgan fingerprint density at radius 1 is 1.14 bits per heavy atom. The van der Waals surface area contributed by atoms with E-state index in [1.54, 1.807) is 0 Å². The van der Waals surface area contributed by atoms with Crippen molar-refractivity contribution in [1.82, 2.24) is 0 Å². The first-order chi connectivity index (χ1) is 6.45. The van der Waals surface area contributed by atoms with Gasteiger partial charge in [-0.3, -0.25) is 9.59 Å². The van der Waals surface area contributed by atoms with Crippen molar-refractivity contribution >= 4 is 11.9 Å². The molecule has 7 heteroatoms. The summed E-state index contributed by atoms with van der Waals surface area (Å²) in [6, 6.07) is -1.06. The number of hydrogen-bond acceptors (Lipinski definition) is 5. The highest BCUT2D eigenvalue weighted by Gasteiger charge is 2.12. The topological polar surface area (TPSA) is 153 Å². The van der Waals surface area contributed by atoms with Crippen LogP contribution in [0.3, 0.4) is 0 Å². The van der Waals surface area contributed by atoms with E-state index in [2.05, 4.69) is 0 Å². The van der Waals surface area contributed by atoms with Gasteiger partial charge in [0.25, 0.3) is 0 Å². The highest BCUT2D eigenvalue weighted by molar-refractivity contribution is 5.74. The van der Waals surface area contributed by atoms with E-state index < -0.39 is 18.0 Å². The van der Waals surface area contributed by atoms with Crippen molar-refractivity contribution in [1.29, 1.82) is 0 Å². The Morgan fingerprint density at radius 2 is 1.57 bits per heavy atom. The fraction of sp³-hybridized carbons (Fsp3) is 0.714. The lowest BCUT2D eigenvalue weighted by atomic mass is 10.2. The van der Waals surface area contributed by atoms with Crippen LogP contribution in [0.2, 0.25) is 0 Å². The van der Waals surface area contributed by atoms with Crippen LogP contribution < -0.4 is 17.2 Å². The van der Waals surface area contributed by atoms with Crippen molar-refractivity contribution in [3.05, 3.63) is 0 Å². The number of hydrogen-bond donors (Lipinski definition) is 5. The van der Waals surface area contributed by atoms with Gasteiger partial charge >= 0.3 is 11.9 Å². The van der Waals surface area contributed by atoms with Gasteiger partial charge in [-0.25, -0.2) is 0 Å². The third-order valence-corrected chi connectivity index (χ3v) is 1.15. The highest BCUT2D eigenvalue weighted by Crippen LogP contribution is 1.93. The Morgan fingerprint density at radius 3 is 1.79 bits per heavy atom. The van der Waals surface area contributed by atoms with Crippen LogP contribution in [-0.4, -0.2) is 41.3 Å². The predicted octanol–water partition coefficient (Wildman–Crippen LogP) is -1.83. The first-order valence-corrected chi connectivity index (χ1v) is 4.06. The Hall–Kier alpha value is -1.18. The zero-order valence-corrected chi connectivity index (χ0v) is 7.85. The van der Waals surface area contributed by atoms with Gasteiger partial charge in [-0.1, -0.05) is 0 Å². The quantitative estimate of drug-likeness (QED) is 0.355. The average molecular weight is 207 g/mol. The summed E-state index contributed by atoms with van der Waals surface area (Å²) in [5.74, 6) is -2.20. The number of carboxylic acids is 2. The van der Waals surface area contributed by atoms with Gasteiger partial charge in [0.05, 0.1) is 0 Å². The summed E-state index contributed by atoms with van der Waals surface area (Å²) in [6.45, 7) is 1.19. The Labute approximate surface area is 81.9 Å². The van der Waals surface area contributed by atoms with Crippen molar-refractivity contribution < 1.29 is 19.8 Å². The van der Waals surface area contributed by atoms with Crippen molar-refractivity contribution in [3.8, 4) is 0 Å². The minimum Gasteiger partial charge on any atom is -0.481 e. The van der Waals surface area contributed by atoms with E-state index in [9.17, 15) is 9.59 Å². The maximum atomic E-state index is 9.99. The number of aliphatic carboxylic acids is 2. The van der Waals surface area contributed by atoms with Gasteiger partial charge in [0.2, 0.25) is 0 Å². The Bertz CT molecular complexity index is 172. The van der Waals surface area contributed by atoms with Crippen LogP contribution in [0.1, 0.15) is 12.8 Å². The van der Waals surface area contributed by atoms with Crippen molar-refractivity contribution in [2.45, 2.75) is 18.9 Å². The molecule has 84 valence electrons. The van der Waals surface area contributed by atoms with Gasteiger partial charge < -0.3 is 27.4 Å². The van der Waals surface area contributed by atoms with Crippen LogP contribution in [-0.2, 0) is 9.59 Å². The summed E-state index contributed by atoms with van der Waals surface area (Å²) in [4.78, 5) is 19.9. The van der Waals surface area contributed by atoms with Crippen molar-refractivity contribution in [2.24, 2.45) is 17.2 Å². The Kier molecular flexibility index (Phi) is 10.8. The second-order valence-electron chi connectivity index (χ2n) is 2.45. The molecule has 0 aromatic rings. The number of nitrogens with two attached hydrogens (primary N) is 3. The number of carbonyl (C=O) groups is 2. The molecule has 0 bridgehead atoms. The van der Waals surface area contributed by atoms with Gasteiger partial charge in [0, 0.05) is 19.5 Å². The molecular weight excluding hydrogens is 190 g/mol. The van der Waals surface area contributed by atoms with Crippen LogP contribution in [0.4, 0.5) is 0 Å². The molecule has 8 N–H and O–H groups in total. The predicted molar refractivity (Wildman–Crippen MR) is 50.6 cm³/mol. The largest absolute Gasteiger partial charge is 0.481 e. The molecule has 0 aliphatic carbocycles. The lowest BCUT2D eigenvalue weighted by Gasteiger charge is -2.01. The van der Waals surface area contributed by atoms with E-state index in [4.69, 9.17) is 27.4 Å². The molecular formula is C7H17N3O4. The molecule has 0 rings (SSSR count). The monoisotopic (exact) mass is 207 g/mol. The molecule has 0 aliphatic heterocycles. The van der Waals surface area contributed by atoms with E-state index in [0.29, 0.717) is 13.1 Å². The third-order valence-electron chi connectivity index (χ3n) is 1.15. The molecule has 14 heavy (non-hydrogen) atoms. The Balaban J connectivity index is 0. The normalized spacial score (nSPS) is 11.1. The number of carboxylic acid groups (broad SMARTS) is 2. The van der Waals surface area contributed by atoms with E-state index in [0.717, 1.165) is 0 Å². The second-order valence-corrected chi connectivity index (χ2v) is 2.45. The molecule has 0 saturated heterocycles.